The van der Waals surface area contributed by atoms with Gasteiger partial charge in [0.15, 0.2) is 0 Å². The molecular weight excluding hydrogens is 292 g/mol. The van der Waals surface area contributed by atoms with Gasteiger partial charge in [-0.2, -0.15) is 0 Å². The fraction of sp³-hybridized carbons (Fsp3) is 0.333. The Bertz CT molecular complexity index is 760. The second kappa shape index (κ2) is 6.38. The molecule has 0 heterocycles. The predicted octanol–water partition coefficient (Wildman–Crippen LogP) is 1.62. The van der Waals surface area contributed by atoms with Crippen LogP contribution in [0.15, 0.2) is 30.3 Å². The van der Waals surface area contributed by atoms with Crippen molar-refractivity contribution in [1.29, 1.82) is 0 Å². The first-order chi connectivity index (χ1) is 11.1. The minimum atomic E-state index is -0.687. The van der Waals surface area contributed by atoms with Gasteiger partial charge >= 0.3 is 11.8 Å². The number of carbonyl (C=O) groups excluding carboxylic acids is 2. The predicted molar refractivity (Wildman–Crippen MR) is 89.2 cm³/mol. The first kappa shape index (κ1) is 15.5. The summed E-state index contributed by atoms with van der Waals surface area (Å²) < 4.78 is 0. The van der Waals surface area contributed by atoms with Gasteiger partial charge in [0.2, 0.25) is 0 Å². The van der Waals surface area contributed by atoms with Gasteiger partial charge in [0, 0.05) is 24.2 Å². The van der Waals surface area contributed by atoms with E-state index in [1.807, 2.05) is 24.3 Å². The number of rotatable bonds is 4. The van der Waals surface area contributed by atoms with Crippen molar-refractivity contribution in [2.24, 2.45) is 5.92 Å². The molecule has 1 atom stereocenters. The van der Waals surface area contributed by atoms with Gasteiger partial charge in [-0.3, -0.25) is 9.59 Å². The lowest BCUT2D eigenvalue weighted by atomic mass is 10.0. The fourth-order valence-electron chi connectivity index (χ4n) is 2.95. The van der Waals surface area contributed by atoms with Crippen molar-refractivity contribution in [3.63, 3.8) is 0 Å². The number of aliphatic hydroxyl groups is 1. The Balaban J connectivity index is 1.77. The number of benzene rings is 2. The van der Waals surface area contributed by atoms with Gasteiger partial charge in [0.05, 0.1) is 0 Å². The highest BCUT2D eigenvalue weighted by Gasteiger charge is 2.19. The van der Waals surface area contributed by atoms with Crippen LogP contribution in [0.2, 0.25) is 0 Å². The normalized spacial score (nSPS) is 13.8. The summed E-state index contributed by atoms with van der Waals surface area (Å²) in [5.74, 6) is -1.45. The largest absolute Gasteiger partial charge is 0.396 e. The number of hydrogen-bond acceptors (Lipinski definition) is 3. The smallest absolute Gasteiger partial charge is 0.313 e. The Morgan fingerprint density at radius 1 is 1.13 bits per heavy atom. The van der Waals surface area contributed by atoms with Crippen LogP contribution in [-0.2, 0) is 22.4 Å². The Morgan fingerprint density at radius 2 is 1.87 bits per heavy atom. The molecule has 23 heavy (non-hydrogen) atoms. The summed E-state index contributed by atoms with van der Waals surface area (Å²) in [7, 11) is 0. The lowest BCUT2D eigenvalue weighted by molar-refractivity contribution is -0.136. The third-order valence-corrected chi connectivity index (χ3v) is 4.25. The second-order valence-corrected chi connectivity index (χ2v) is 6.06. The van der Waals surface area contributed by atoms with E-state index < -0.39 is 11.8 Å². The van der Waals surface area contributed by atoms with Crippen LogP contribution in [0.3, 0.4) is 0 Å². The van der Waals surface area contributed by atoms with Crippen LogP contribution in [0, 0.1) is 5.92 Å². The van der Waals surface area contributed by atoms with Gasteiger partial charge in [-0.05, 0) is 41.3 Å². The molecule has 1 unspecified atom stereocenters. The van der Waals surface area contributed by atoms with Crippen LogP contribution < -0.4 is 10.6 Å². The number of aryl methyl sites for hydroxylation is 2. The zero-order valence-corrected chi connectivity index (χ0v) is 13.1. The zero-order chi connectivity index (χ0) is 16.4. The van der Waals surface area contributed by atoms with E-state index in [2.05, 4.69) is 16.7 Å². The van der Waals surface area contributed by atoms with E-state index >= 15 is 0 Å². The number of carbonyl (C=O) groups is 2. The van der Waals surface area contributed by atoms with Crippen molar-refractivity contribution in [2.45, 2.75) is 19.8 Å². The highest BCUT2D eigenvalue weighted by Crippen LogP contribution is 2.34. The molecule has 2 aromatic carbocycles. The summed E-state index contributed by atoms with van der Waals surface area (Å²) in [5, 5.41) is 16.3. The van der Waals surface area contributed by atoms with E-state index in [4.69, 9.17) is 5.11 Å². The van der Waals surface area contributed by atoms with Crippen molar-refractivity contribution in [2.75, 3.05) is 18.5 Å². The van der Waals surface area contributed by atoms with E-state index in [1.54, 1.807) is 6.92 Å². The van der Waals surface area contributed by atoms with Gasteiger partial charge in [0.25, 0.3) is 0 Å². The van der Waals surface area contributed by atoms with Crippen LogP contribution in [0.25, 0.3) is 10.8 Å². The Morgan fingerprint density at radius 3 is 2.61 bits per heavy atom. The Labute approximate surface area is 134 Å². The van der Waals surface area contributed by atoms with Crippen molar-refractivity contribution < 1.29 is 14.7 Å². The molecule has 1 aliphatic carbocycles. The van der Waals surface area contributed by atoms with E-state index in [9.17, 15) is 9.59 Å². The molecule has 0 aliphatic heterocycles. The number of nitrogens with one attached hydrogen (secondary N) is 2. The Hall–Kier alpha value is -2.40. The van der Waals surface area contributed by atoms with Crippen LogP contribution in [0.5, 0.6) is 0 Å². The zero-order valence-electron chi connectivity index (χ0n) is 13.1. The maximum Gasteiger partial charge on any atom is 0.313 e. The molecule has 1 aliphatic rings. The van der Waals surface area contributed by atoms with Crippen LogP contribution in [0.4, 0.5) is 5.69 Å². The highest BCUT2D eigenvalue weighted by molar-refractivity contribution is 6.40. The maximum absolute atomic E-state index is 12.1. The third-order valence-electron chi connectivity index (χ3n) is 4.25. The number of hydrogen-bond donors (Lipinski definition) is 3. The number of aliphatic hydroxyl groups excluding tert-OH is 1. The van der Waals surface area contributed by atoms with Gasteiger partial charge in [0.1, 0.15) is 0 Å². The average molecular weight is 312 g/mol. The van der Waals surface area contributed by atoms with Gasteiger partial charge in [-0.1, -0.05) is 31.2 Å². The minimum absolute atomic E-state index is 0.0310. The molecule has 0 saturated heterocycles. The Kier molecular flexibility index (Phi) is 4.30. The number of anilines is 1. The summed E-state index contributed by atoms with van der Waals surface area (Å²) in [6, 6.07) is 9.92. The fourth-order valence-corrected chi connectivity index (χ4v) is 2.95. The first-order valence-electron chi connectivity index (χ1n) is 7.83. The van der Waals surface area contributed by atoms with Crippen molar-refractivity contribution in [3.8, 4) is 0 Å². The lowest BCUT2D eigenvalue weighted by Crippen LogP contribution is -2.38. The quantitative estimate of drug-likeness (QED) is 0.751. The molecule has 2 amide bonds. The lowest BCUT2D eigenvalue weighted by Gasteiger charge is -2.12. The molecule has 0 aromatic heterocycles. The van der Waals surface area contributed by atoms with Crippen LogP contribution >= 0.6 is 0 Å². The molecule has 5 heteroatoms. The molecule has 0 bridgehead atoms. The van der Waals surface area contributed by atoms with E-state index in [-0.39, 0.29) is 19.1 Å². The molecule has 0 spiro atoms. The SMILES string of the molecule is CC(CO)CNC(=O)C(=O)Nc1ccc2c3c(cccc13)CC2. The van der Waals surface area contributed by atoms with Crippen LogP contribution in [0.1, 0.15) is 18.1 Å². The standard InChI is InChI=1S/C18H20N2O3/c1-11(10-21)9-19-17(22)18(23)20-15-8-7-13-6-5-12-3-2-4-14(15)16(12)13/h2-4,7-8,11,21H,5-6,9-10H2,1H3,(H,19,22)(H,20,23). The van der Waals surface area contributed by atoms with Crippen molar-refractivity contribution in [1.82, 2.24) is 5.32 Å². The van der Waals surface area contributed by atoms with Gasteiger partial charge in [-0.25, -0.2) is 0 Å². The van der Waals surface area contributed by atoms with Crippen molar-refractivity contribution in [3.05, 3.63) is 41.5 Å². The molecule has 0 radical (unpaired) electrons. The molecule has 5 nitrogen and oxygen atoms in total. The maximum atomic E-state index is 12.1. The molecule has 120 valence electrons. The topological polar surface area (TPSA) is 78.4 Å². The molecule has 2 aromatic rings. The minimum Gasteiger partial charge on any atom is -0.396 e. The van der Waals surface area contributed by atoms with Crippen LogP contribution in [-0.4, -0.2) is 30.1 Å². The summed E-state index contributed by atoms with van der Waals surface area (Å²) in [5.41, 5.74) is 3.23. The van der Waals surface area contributed by atoms with Gasteiger partial charge < -0.3 is 15.7 Å². The van der Waals surface area contributed by atoms with E-state index in [0.717, 1.165) is 18.2 Å². The second-order valence-electron chi connectivity index (χ2n) is 6.06. The third kappa shape index (κ3) is 3.05. The molecular formula is C18H20N2O3. The monoisotopic (exact) mass is 312 g/mol. The highest BCUT2D eigenvalue weighted by atomic mass is 16.3. The number of amides is 2. The molecule has 3 N–H and O–H groups in total. The molecule has 3 rings (SSSR count). The summed E-state index contributed by atoms with van der Waals surface area (Å²) in [4.78, 5) is 23.9. The summed E-state index contributed by atoms with van der Waals surface area (Å²) in [6.07, 6.45) is 2.03. The van der Waals surface area contributed by atoms with Crippen molar-refractivity contribution >= 4 is 28.3 Å². The summed E-state index contributed by atoms with van der Waals surface area (Å²) in [6.45, 7) is 2.03. The molecule has 0 fully saturated rings. The van der Waals surface area contributed by atoms with Gasteiger partial charge in [-0.15, -0.1) is 0 Å². The van der Waals surface area contributed by atoms with E-state index in [1.165, 1.54) is 16.5 Å². The average Bonchev–Trinajstić information content (AvgIpc) is 2.99. The van der Waals surface area contributed by atoms with E-state index in [0.29, 0.717) is 5.69 Å². The molecule has 0 saturated carbocycles. The summed E-state index contributed by atoms with van der Waals surface area (Å²) >= 11 is 0. The first-order valence-corrected chi connectivity index (χ1v) is 7.83.